The molecule has 0 radical (unpaired) electrons. The van der Waals surface area contributed by atoms with Gasteiger partial charge in [0, 0.05) is 12.5 Å². The Morgan fingerprint density at radius 2 is 1.77 bits per heavy atom. The van der Waals surface area contributed by atoms with E-state index in [1.165, 1.54) is 4.90 Å². The van der Waals surface area contributed by atoms with E-state index < -0.39 is 64.0 Å². The van der Waals surface area contributed by atoms with E-state index in [-0.39, 0.29) is 29.6 Å². The normalized spacial score (nSPS) is 43.0. The summed E-state index contributed by atoms with van der Waals surface area (Å²) in [5.74, 6) is -1.86. The van der Waals surface area contributed by atoms with Gasteiger partial charge >= 0.3 is 12.1 Å². The third kappa shape index (κ3) is 4.31. The average molecular weight is 614 g/mol. The van der Waals surface area contributed by atoms with Crippen LogP contribution in [0.25, 0.3) is 0 Å². The van der Waals surface area contributed by atoms with Gasteiger partial charge in [0.1, 0.15) is 17.7 Å². The van der Waals surface area contributed by atoms with Gasteiger partial charge in [0.15, 0.2) is 23.3 Å². The summed E-state index contributed by atoms with van der Waals surface area (Å²) in [5.41, 5.74) is -3.24. The molecule has 0 aromatic rings. The fourth-order valence-electron chi connectivity index (χ4n) is 9.54. The van der Waals surface area contributed by atoms with Crippen LogP contribution in [0.5, 0.6) is 0 Å². The molecule has 44 heavy (non-hydrogen) atoms. The van der Waals surface area contributed by atoms with Crippen molar-refractivity contribution in [2.75, 3.05) is 13.2 Å². The number of hydrogen-bond donors (Lipinski definition) is 1. The standard InChI is InChI=1S/C35H51NO8/c1-18-16-34-19(2)14-22-23(32(22,8)9)21(25(34)37)15-20-17-41-33(10,11)43-27(20)35(34,40)26(18)42-28(38)24-31(6,7)12-13-36(24)29(39)44-30(3,4)5/h15-16,19,21-24,26-27,40H,12-14,17H2,1-11H3/t19?,21-,22+,23-,24-,26-,27+,34?,35+/m0/s1. The lowest BCUT2D eigenvalue weighted by molar-refractivity contribution is -0.304. The Balaban J connectivity index is 1.43. The minimum Gasteiger partial charge on any atom is -0.453 e. The number of fused-ring (bicyclic) bond motifs is 5. The minimum atomic E-state index is -1.91. The lowest BCUT2D eigenvalue weighted by Crippen LogP contribution is -2.68. The number of aliphatic hydroxyl groups is 1. The highest BCUT2D eigenvalue weighted by Gasteiger charge is 2.77. The van der Waals surface area contributed by atoms with Gasteiger partial charge in [-0.05, 0) is 94.1 Å². The molecular formula is C35H51NO8. The predicted octanol–water partition coefficient (Wildman–Crippen LogP) is 5.20. The van der Waals surface area contributed by atoms with Gasteiger partial charge in [-0.3, -0.25) is 9.69 Å². The molecule has 9 heteroatoms. The molecule has 0 aromatic heterocycles. The summed E-state index contributed by atoms with van der Waals surface area (Å²) in [4.78, 5) is 44.0. The van der Waals surface area contributed by atoms with Crippen molar-refractivity contribution in [2.24, 2.45) is 39.9 Å². The maximum atomic E-state index is 15.0. The Morgan fingerprint density at radius 3 is 2.41 bits per heavy atom. The molecule has 4 aliphatic carbocycles. The largest absolute Gasteiger partial charge is 0.453 e. The fourth-order valence-corrected chi connectivity index (χ4v) is 9.54. The first-order valence-corrected chi connectivity index (χ1v) is 16.3. The quantitative estimate of drug-likeness (QED) is 0.334. The molecule has 2 saturated carbocycles. The number of Topliss-reactive ketones (excluding diaryl/α,β-unsaturated/α-hetero) is 1. The molecule has 6 aliphatic rings. The number of esters is 1. The van der Waals surface area contributed by atoms with E-state index in [4.69, 9.17) is 18.9 Å². The van der Waals surface area contributed by atoms with E-state index in [9.17, 15) is 19.5 Å². The lowest BCUT2D eigenvalue weighted by atomic mass is 9.58. The van der Waals surface area contributed by atoms with Gasteiger partial charge in [0.2, 0.25) is 0 Å². The molecule has 9 nitrogen and oxygen atoms in total. The van der Waals surface area contributed by atoms with Crippen LogP contribution in [-0.2, 0) is 28.5 Å². The van der Waals surface area contributed by atoms with Crippen molar-refractivity contribution < 1.29 is 38.4 Å². The van der Waals surface area contributed by atoms with Gasteiger partial charge < -0.3 is 24.1 Å². The third-order valence-corrected chi connectivity index (χ3v) is 11.8. The molecule has 2 unspecified atom stereocenters. The van der Waals surface area contributed by atoms with Crippen LogP contribution in [0.4, 0.5) is 4.79 Å². The Hall–Kier alpha value is -2.23. The number of allylic oxidation sites excluding steroid dienone is 1. The highest BCUT2D eigenvalue weighted by Crippen LogP contribution is 2.72. The Labute approximate surface area is 261 Å². The summed E-state index contributed by atoms with van der Waals surface area (Å²) in [6, 6.07) is -0.929. The molecule has 6 rings (SSSR count). The van der Waals surface area contributed by atoms with Crippen LogP contribution >= 0.6 is 0 Å². The van der Waals surface area contributed by atoms with Crippen LogP contribution < -0.4 is 0 Å². The number of carbonyl (C=O) groups excluding carboxylic acids is 3. The van der Waals surface area contributed by atoms with E-state index in [2.05, 4.69) is 13.8 Å². The van der Waals surface area contributed by atoms with Crippen molar-refractivity contribution in [1.82, 2.24) is 4.90 Å². The molecule has 2 saturated heterocycles. The van der Waals surface area contributed by atoms with Crippen molar-refractivity contribution in [3.05, 3.63) is 23.3 Å². The molecule has 9 atom stereocenters. The van der Waals surface area contributed by atoms with Crippen LogP contribution in [0.2, 0.25) is 0 Å². The number of carbonyl (C=O) groups is 3. The number of rotatable bonds is 2. The number of likely N-dealkylation sites (tertiary alicyclic amines) is 1. The fraction of sp³-hybridized carbons (Fsp3) is 0.800. The second kappa shape index (κ2) is 9.41. The van der Waals surface area contributed by atoms with Crippen LogP contribution in [0, 0.1) is 39.9 Å². The van der Waals surface area contributed by atoms with E-state index in [0.29, 0.717) is 30.0 Å². The van der Waals surface area contributed by atoms with Crippen molar-refractivity contribution in [2.45, 2.75) is 124 Å². The molecule has 2 aliphatic heterocycles. The minimum absolute atomic E-state index is 0.00324. The molecule has 244 valence electrons. The third-order valence-electron chi connectivity index (χ3n) is 11.8. The van der Waals surface area contributed by atoms with E-state index in [0.717, 1.165) is 6.42 Å². The van der Waals surface area contributed by atoms with Gasteiger partial charge in [-0.2, -0.15) is 0 Å². The summed E-state index contributed by atoms with van der Waals surface area (Å²) in [6.45, 7) is 21.7. The van der Waals surface area contributed by atoms with Crippen LogP contribution in [0.1, 0.15) is 89.0 Å². The highest BCUT2D eigenvalue weighted by atomic mass is 16.7. The number of hydrogen-bond acceptors (Lipinski definition) is 8. The lowest BCUT2D eigenvalue weighted by Gasteiger charge is -2.53. The number of amides is 1. The Kier molecular flexibility index (Phi) is 6.79. The van der Waals surface area contributed by atoms with Crippen LogP contribution in [0.3, 0.4) is 0 Å². The Bertz CT molecular complexity index is 1350. The molecule has 2 heterocycles. The Morgan fingerprint density at radius 1 is 1.11 bits per heavy atom. The summed E-state index contributed by atoms with van der Waals surface area (Å²) >= 11 is 0. The predicted molar refractivity (Wildman–Crippen MR) is 162 cm³/mol. The van der Waals surface area contributed by atoms with Crippen molar-refractivity contribution in [3.63, 3.8) is 0 Å². The first-order chi connectivity index (χ1) is 20.1. The molecule has 1 spiro atoms. The smallest absolute Gasteiger partial charge is 0.411 e. The van der Waals surface area contributed by atoms with Gasteiger partial charge in [-0.1, -0.05) is 46.8 Å². The van der Waals surface area contributed by atoms with E-state index in [1.54, 1.807) is 34.6 Å². The zero-order valence-electron chi connectivity index (χ0n) is 28.3. The van der Waals surface area contributed by atoms with E-state index >= 15 is 0 Å². The van der Waals surface area contributed by atoms with Crippen LogP contribution in [0.15, 0.2) is 23.3 Å². The monoisotopic (exact) mass is 613 g/mol. The van der Waals surface area contributed by atoms with Crippen molar-refractivity contribution in [1.29, 1.82) is 0 Å². The second-order valence-electron chi connectivity index (χ2n) is 17.1. The maximum Gasteiger partial charge on any atom is 0.411 e. The first-order valence-electron chi connectivity index (χ1n) is 16.3. The number of ether oxygens (including phenoxy) is 4. The summed E-state index contributed by atoms with van der Waals surface area (Å²) in [5, 5.41) is 13.3. The molecule has 1 amide bonds. The summed E-state index contributed by atoms with van der Waals surface area (Å²) < 4.78 is 24.7. The van der Waals surface area contributed by atoms with Gasteiger partial charge in [0.25, 0.3) is 0 Å². The average Bonchev–Trinajstić information content (AvgIpc) is 3.17. The van der Waals surface area contributed by atoms with Crippen LogP contribution in [-0.4, -0.2) is 76.2 Å². The molecule has 1 N–H and O–H groups in total. The molecule has 4 fully saturated rings. The highest BCUT2D eigenvalue weighted by molar-refractivity contribution is 5.95. The number of nitrogens with zero attached hydrogens (tertiary/aromatic N) is 1. The molecular weight excluding hydrogens is 562 g/mol. The SMILES string of the molecule is CC1=CC23C(=O)[C@@H](C=C4COC(C)(C)O[C@H]4[C@]2(O)[C@H]1OC(=O)[C@@H]1N(C(=O)OC(C)(C)C)CCC1(C)C)[C@H]1[C@@H](CC3C)C1(C)C. The van der Waals surface area contributed by atoms with Gasteiger partial charge in [-0.15, -0.1) is 0 Å². The van der Waals surface area contributed by atoms with Gasteiger partial charge in [-0.25, -0.2) is 9.59 Å². The van der Waals surface area contributed by atoms with Gasteiger partial charge in [0.05, 0.1) is 12.0 Å². The first kappa shape index (κ1) is 31.7. The zero-order chi connectivity index (χ0) is 32.6. The summed E-state index contributed by atoms with van der Waals surface area (Å²) in [6.07, 6.45) is 2.55. The zero-order valence-corrected chi connectivity index (χ0v) is 28.3. The summed E-state index contributed by atoms with van der Waals surface area (Å²) in [7, 11) is 0. The molecule has 0 aromatic carbocycles. The maximum absolute atomic E-state index is 15.0. The number of ketones is 1. The second-order valence-corrected chi connectivity index (χ2v) is 17.1. The topological polar surface area (TPSA) is 112 Å². The van der Waals surface area contributed by atoms with E-state index in [1.807, 2.05) is 39.8 Å². The van der Waals surface area contributed by atoms with Crippen molar-refractivity contribution >= 4 is 17.8 Å². The van der Waals surface area contributed by atoms with Crippen molar-refractivity contribution in [3.8, 4) is 0 Å². The molecule has 2 bridgehead atoms.